The normalized spacial score (nSPS) is 14.9. The third-order valence-corrected chi connectivity index (χ3v) is 3.60. The van der Waals surface area contributed by atoms with Crippen molar-refractivity contribution in [3.05, 3.63) is 64.2 Å². The van der Waals surface area contributed by atoms with Crippen molar-refractivity contribution >= 4 is 40.8 Å². The van der Waals surface area contributed by atoms with Crippen LogP contribution in [0.2, 0.25) is 5.02 Å². The van der Waals surface area contributed by atoms with Crippen LogP contribution in [0.4, 0.5) is 5.69 Å². The van der Waals surface area contributed by atoms with Crippen molar-refractivity contribution in [2.75, 3.05) is 5.32 Å². The van der Waals surface area contributed by atoms with Crippen molar-refractivity contribution in [2.24, 2.45) is 0 Å². The van der Waals surface area contributed by atoms with E-state index in [-0.39, 0.29) is 11.5 Å². The molecule has 104 valence electrons. The Balaban J connectivity index is 2.14. The van der Waals surface area contributed by atoms with Crippen LogP contribution in [0.1, 0.15) is 21.5 Å². The van der Waals surface area contributed by atoms with Gasteiger partial charge in [-0.15, -0.1) is 0 Å². The van der Waals surface area contributed by atoms with E-state index in [0.29, 0.717) is 27.4 Å². The molecule has 0 fully saturated rings. The molecule has 4 nitrogen and oxygen atoms in total. The maximum Gasteiger partial charge on any atom is 0.335 e. The highest BCUT2D eigenvalue weighted by molar-refractivity contribution is 6.37. The van der Waals surface area contributed by atoms with Gasteiger partial charge in [-0.05, 0) is 35.9 Å². The first kappa shape index (κ1) is 13.4. The Hall–Kier alpha value is -2.59. The molecular formula is C16H10ClNO3. The van der Waals surface area contributed by atoms with Gasteiger partial charge in [0.15, 0.2) is 0 Å². The van der Waals surface area contributed by atoms with E-state index in [0.717, 1.165) is 0 Å². The number of benzene rings is 2. The highest BCUT2D eigenvalue weighted by Gasteiger charge is 2.25. The first-order valence-electron chi connectivity index (χ1n) is 6.21. The van der Waals surface area contributed by atoms with Gasteiger partial charge in [-0.1, -0.05) is 29.8 Å². The fraction of sp³-hybridized carbons (Fsp3) is 0. The quantitative estimate of drug-likeness (QED) is 0.834. The number of hydrogen-bond donors (Lipinski definition) is 2. The van der Waals surface area contributed by atoms with Crippen LogP contribution < -0.4 is 5.32 Å². The van der Waals surface area contributed by atoms with Crippen LogP contribution in [-0.4, -0.2) is 17.0 Å². The number of nitrogens with one attached hydrogen (secondary N) is 1. The lowest BCUT2D eigenvalue weighted by Gasteiger charge is -2.02. The zero-order valence-corrected chi connectivity index (χ0v) is 11.5. The number of rotatable bonds is 2. The summed E-state index contributed by atoms with van der Waals surface area (Å²) < 4.78 is 0. The van der Waals surface area contributed by atoms with Crippen molar-refractivity contribution < 1.29 is 14.7 Å². The van der Waals surface area contributed by atoms with E-state index in [1.807, 2.05) is 6.07 Å². The van der Waals surface area contributed by atoms with Gasteiger partial charge in [0.2, 0.25) is 0 Å². The molecule has 1 aliphatic rings. The number of carboxylic acid groups (broad SMARTS) is 1. The minimum absolute atomic E-state index is 0.135. The molecule has 0 aromatic heterocycles. The Morgan fingerprint density at radius 1 is 1.19 bits per heavy atom. The average molecular weight is 300 g/mol. The molecule has 2 aromatic rings. The highest BCUT2D eigenvalue weighted by atomic mass is 35.5. The van der Waals surface area contributed by atoms with Crippen LogP contribution in [0.15, 0.2) is 42.5 Å². The Morgan fingerprint density at radius 2 is 1.95 bits per heavy atom. The second-order valence-electron chi connectivity index (χ2n) is 4.60. The van der Waals surface area contributed by atoms with Crippen LogP contribution in [0.25, 0.3) is 11.6 Å². The molecule has 0 spiro atoms. The molecular weight excluding hydrogens is 290 g/mol. The van der Waals surface area contributed by atoms with E-state index < -0.39 is 5.97 Å². The lowest BCUT2D eigenvalue weighted by molar-refractivity contribution is -0.110. The molecule has 2 aromatic carbocycles. The summed E-state index contributed by atoms with van der Waals surface area (Å²) in [6, 6.07) is 11.7. The number of hydrogen-bond acceptors (Lipinski definition) is 2. The van der Waals surface area contributed by atoms with Gasteiger partial charge in [-0.2, -0.15) is 0 Å². The fourth-order valence-electron chi connectivity index (χ4n) is 2.21. The summed E-state index contributed by atoms with van der Waals surface area (Å²) in [6.45, 7) is 0. The minimum atomic E-state index is -1.03. The lowest BCUT2D eigenvalue weighted by atomic mass is 10.0. The van der Waals surface area contributed by atoms with E-state index in [1.165, 1.54) is 12.1 Å². The molecule has 0 bridgehead atoms. The van der Waals surface area contributed by atoms with Crippen LogP contribution in [0.3, 0.4) is 0 Å². The number of carboxylic acids is 1. The predicted octanol–water partition coefficient (Wildman–Crippen LogP) is 3.53. The number of anilines is 1. The first-order valence-corrected chi connectivity index (χ1v) is 6.59. The maximum atomic E-state index is 12.1. The summed E-state index contributed by atoms with van der Waals surface area (Å²) in [5.41, 5.74) is 2.41. The number of carbonyl (C=O) groups excluding carboxylic acids is 1. The Morgan fingerprint density at radius 3 is 2.67 bits per heavy atom. The van der Waals surface area contributed by atoms with Gasteiger partial charge in [-0.3, -0.25) is 4.79 Å². The highest BCUT2D eigenvalue weighted by Crippen LogP contribution is 2.34. The van der Waals surface area contributed by atoms with Gasteiger partial charge in [0.05, 0.1) is 5.56 Å². The molecule has 5 heteroatoms. The Kier molecular flexibility index (Phi) is 3.23. The molecule has 0 atom stereocenters. The van der Waals surface area contributed by atoms with Gasteiger partial charge in [-0.25, -0.2) is 4.79 Å². The summed E-state index contributed by atoms with van der Waals surface area (Å²) in [6.07, 6.45) is 1.66. The van der Waals surface area contributed by atoms with Crippen molar-refractivity contribution in [1.29, 1.82) is 0 Å². The second-order valence-corrected chi connectivity index (χ2v) is 5.01. The summed E-state index contributed by atoms with van der Waals surface area (Å²) >= 11 is 6.09. The van der Waals surface area contributed by atoms with E-state index in [2.05, 4.69) is 5.32 Å². The van der Waals surface area contributed by atoms with Gasteiger partial charge >= 0.3 is 5.97 Å². The van der Waals surface area contributed by atoms with Gasteiger partial charge in [0.25, 0.3) is 5.91 Å². The number of carbonyl (C=O) groups is 2. The van der Waals surface area contributed by atoms with Crippen molar-refractivity contribution in [3.63, 3.8) is 0 Å². The monoisotopic (exact) mass is 299 g/mol. The molecule has 0 unspecified atom stereocenters. The van der Waals surface area contributed by atoms with Gasteiger partial charge in [0, 0.05) is 21.8 Å². The minimum Gasteiger partial charge on any atom is -0.478 e. The number of halogens is 1. The van der Waals surface area contributed by atoms with Crippen LogP contribution in [0.5, 0.6) is 0 Å². The second kappa shape index (κ2) is 5.07. The third kappa shape index (κ3) is 2.41. The average Bonchev–Trinajstić information content (AvgIpc) is 2.76. The molecule has 0 saturated carbocycles. The molecule has 0 aliphatic carbocycles. The Labute approximate surface area is 125 Å². The van der Waals surface area contributed by atoms with E-state index in [9.17, 15) is 9.59 Å². The first-order chi connectivity index (χ1) is 10.1. The van der Waals surface area contributed by atoms with Crippen LogP contribution >= 0.6 is 11.6 Å². The molecule has 1 heterocycles. The largest absolute Gasteiger partial charge is 0.478 e. The van der Waals surface area contributed by atoms with Gasteiger partial charge < -0.3 is 10.4 Å². The lowest BCUT2D eigenvalue weighted by Crippen LogP contribution is -2.03. The molecule has 1 amide bonds. The molecule has 2 N–H and O–H groups in total. The van der Waals surface area contributed by atoms with E-state index >= 15 is 0 Å². The van der Waals surface area contributed by atoms with Gasteiger partial charge in [0.1, 0.15) is 0 Å². The van der Waals surface area contributed by atoms with Crippen molar-refractivity contribution in [1.82, 2.24) is 0 Å². The Bertz CT molecular complexity index is 796. The molecule has 0 saturated heterocycles. The van der Waals surface area contributed by atoms with E-state index in [1.54, 1.807) is 30.3 Å². The zero-order valence-electron chi connectivity index (χ0n) is 10.8. The molecule has 3 rings (SSSR count). The number of amides is 1. The summed E-state index contributed by atoms with van der Waals surface area (Å²) in [5, 5.41) is 12.3. The molecule has 21 heavy (non-hydrogen) atoms. The van der Waals surface area contributed by atoms with Crippen molar-refractivity contribution in [2.45, 2.75) is 0 Å². The molecule has 1 aliphatic heterocycles. The van der Waals surface area contributed by atoms with E-state index in [4.69, 9.17) is 16.7 Å². The summed E-state index contributed by atoms with van der Waals surface area (Å²) in [7, 11) is 0. The van der Waals surface area contributed by atoms with Crippen molar-refractivity contribution in [3.8, 4) is 0 Å². The third-order valence-electron chi connectivity index (χ3n) is 3.25. The number of fused-ring (bicyclic) bond motifs is 1. The van der Waals surface area contributed by atoms with Crippen LogP contribution in [-0.2, 0) is 4.79 Å². The number of aromatic carboxylic acids is 1. The summed E-state index contributed by atoms with van der Waals surface area (Å²) in [4.78, 5) is 23.1. The standard InChI is InChI=1S/C16H10ClNO3/c17-13-4-2-1-3-9(13)7-12-11-8-10(16(20)21)5-6-14(11)18-15(12)19/h1-8H,(H,18,19)(H,20,21)/b12-7+. The SMILES string of the molecule is O=C1Nc2ccc(C(=O)O)cc2/C1=C\c1ccccc1Cl. The zero-order chi connectivity index (χ0) is 15.0. The van der Waals surface area contributed by atoms with Crippen LogP contribution in [0, 0.1) is 0 Å². The summed E-state index contributed by atoms with van der Waals surface area (Å²) in [5.74, 6) is -1.30. The maximum absolute atomic E-state index is 12.1. The smallest absolute Gasteiger partial charge is 0.335 e. The predicted molar refractivity (Wildman–Crippen MR) is 81.4 cm³/mol. The fourth-order valence-corrected chi connectivity index (χ4v) is 2.40. The molecule has 0 radical (unpaired) electrons. The topological polar surface area (TPSA) is 66.4 Å².